The lowest BCUT2D eigenvalue weighted by molar-refractivity contribution is -0.274. The van der Waals surface area contributed by atoms with E-state index in [2.05, 4.69) is 16.6 Å². The van der Waals surface area contributed by atoms with Crippen LogP contribution < -0.4 is 15.4 Å². The van der Waals surface area contributed by atoms with Crippen LogP contribution >= 0.6 is 0 Å². The summed E-state index contributed by atoms with van der Waals surface area (Å²) in [6.07, 6.45) is -3.04. The van der Waals surface area contributed by atoms with Gasteiger partial charge >= 0.3 is 6.36 Å². The van der Waals surface area contributed by atoms with Gasteiger partial charge in [0.15, 0.2) is 0 Å². The van der Waals surface area contributed by atoms with Crippen LogP contribution in [0.4, 0.5) is 18.9 Å². The van der Waals surface area contributed by atoms with Crippen molar-refractivity contribution in [1.29, 1.82) is 0 Å². The molecule has 140 valence electrons. The van der Waals surface area contributed by atoms with E-state index >= 15 is 0 Å². The Labute approximate surface area is 154 Å². The van der Waals surface area contributed by atoms with E-state index in [1.165, 1.54) is 24.3 Å². The summed E-state index contributed by atoms with van der Waals surface area (Å²) in [6.45, 7) is 0.783. The molecule has 4 nitrogen and oxygen atoms in total. The molecular weight excluding hydrogens is 357 g/mol. The molecule has 1 amide bonds. The summed E-state index contributed by atoms with van der Waals surface area (Å²) in [5.74, 6) is 5.24. The van der Waals surface area contributed by atoms with Crippen molar-refractivity contribution < 1.29 is 22.7 Å². The van der Waals surface area contributed by atoms with Crippen LogP contribution in [0.15, 0.2) is 48.5 Å². The quantitative estimate of drug-likeness (QED) is 0.838. The number of amides is 1. The fraction of sp³-hybridized carbons (Fsp3) is 0.250. The zero-order chi connectivity index (χ0) is 19.4. The van der Waals surface area contributed by atoms with E-state index in [0.717, 1.165) is 30.6 Å². The van der Waals surface area contributed by atoms with Crippen LogP contribution in [0.1, 0.15) is 24.0 Å². The first-order valence-corrected chi connectivity index (χ1v) is 8.36. The minimum atomic E-state index is -4.71. The Bertz CT molecular complexity index is 865. The van der Waals surface area contributed by atoms with Gasteiger partial charge in [-0.1, -0.05) is 11.8 Å². The predicted molar refractivity (Wildman–Crippen MR) is 95.1 cm³/mol. The SMILES string of the molecule is NC(=O)[C@H]1CCCN1c1ccc(C#Cc2ccc(OC(F)(F)F)cc2)cc1. The van der Waals surface area contributed by atoms with Gasteiger partial charge in [0.2, 0.25) is 5.91 Å². The summed E-state index contributed by atoms with van der Waals surface area (Å²) < 4.78 is 40.3. The number of benzene rings is 2. The maximum Gasteiger partial charge on any atom is 0.573 e. The normalized spacial score (nSPS) is 16.6. The van der Waals surface area contributed by atoms with Crippen LogP contribution in [0.2, 0.25) is 0 Å². The first-order chi connectivity index (χ1) is 12.8. The first-order valence-electron chi connectivity index (χ1n) is 8.36. The van der Waals surface area contributed by atoms with E-state index in [9.17, 15) is 18.0 Å². The monoisotopic (exact) mass is 374 g/mol. The molecule has 0 aliphatic carbocycles. The number of carbonyl (C=O) groups is 1. The van der Waals surface area contributed by atoms with E-state index in [4.69, 9.17) is 5.73 Å². The van der Waals surface area contributed by atoms with Crippen molar-refractivity contribution >= 4 is 11.6 Å². The molecule has 0 aromatic heterocycles. The van der Waals surface area contributed by atoms with Crippen LogP contribution in [0.5, 0.6) is 5.75 Å². The zero-order valence-electron chi connectivity index (χ0n) is 14.3. The largest absolute Gasteiger partial charge is 0.573 e. The summed E-state index contributed by atoms with van der Waals surface area (Å²) in [6, 6.07) is 12.5. The Morgan fingerprint density at radius 1 is 1.04 bits per heavy atom. The number of nitrogens with zero attached hydrogens (tertiary/aromatic N) is 1. The van der Waals surface area contributed by atoms with Crippen LogP contribution in [0, 0.1) is 11.8 Å². The second-order valence-electron chi connectivity index (χ2n) is 6.12. The third kappa shape index (κ3) is 4.94. The molecule has 0 spiro atoms. The first kappa shape index (κ1) is 18.6. The number of rotatable bonds is 3. The molecule has 27 heavy (non-hydrogen) atoms. The molecule has 3 rings (SSSR count). The highest BCUT2D eigenvalue weighted by Gasteiger charge is 2.31. The smallest absolute Gasteiger partial charge is 0.406 e. The minimum absolute atomic E-state index is 0.278. The molecule has 1 fully saturated rings. The Morgan fingerprint density at radius 2 is 1.59 bits per heavy atom. The van der Waals surface area contributed by atoms with Gasteiger partial charge in [-0.2, -0.15) is 0 Å². The van der Waals surface area contributed by atoms with E-state index < -0.39 is 6.36 Å². The summed E-state index contributed by atoms with van der Waals surface area (Å²) in [7, 11) is 0. The Hall–Kier alpha value is -3.14. The van der Waals surface area contributed by atoms with Gasteiger partial charge in [0, 0.05) is 23.4 Å². The van der Waals surface area contributed by atoms with E-state index in [-0.39, 0.29) is 17.7 Å². The van der Waals surface area contributed by atoms with E-state index in [1.807, 2.05) is 29.2 Å². The molecule has 1 heterocycles. The number of primary amides is 1. The molecule has 1 saturated heterocycles. The Morgan fingerprint density at radius 3 is 2.11 bits per heavy atom. The molecule has 0 bridgehead atoms. The maximum absolute atomic E-state index is 12.1. The lowest BCUT2D eigenvalue weighted by Crippen LogP contribution is -2.40. The van der Waals surface area contributed by atoms with Gasteiger partial charge in [-0.3, -0.25) is 4.79 Å². The number of carbonyl (C=O) groups excluding carboxylic acids is 1. The summed E-state index contributed by atoms with van der Waals surface area (Å²) in [5.41, 5.74) is 7.68. The molecule has 2 aromatic rings. The summed E-state index contributed by atoms with van der Waals surface area (Å²) in [5, 5.41) is 0. The Balaban J connectivity index is 1.68. The van der Waals surface area contributed by atoms with Crippen molar-refractivity contribution in [3.05, 3.63) is 59.7 Å². The third-order valence-electron chi connectivity index (χ3n) is 4.22. The van der Waals surface area contributed by atoms with E-state index in [0.29, 0.717) is 5.56 Å². The highest BCUT2D eigenvalue weighted by Crippen LogP contribution is 2.26. The fourth-order valence-electron chi connectivity index (χ4n) is 2.99. The van der Waals surface area contributed by atoms with E-state index in [1.54, 1.807) is 0 Å². The molecule has 0 unspecified atom stereocenters. The maximum atomic E-state index is 12.1. The average molecular weight is 374 g/mol. The number of nitrogens with two attached hydrogens (primary N) is 1. The van der Waals surface area contributed by atoms with Crippen molar-refractivity contribution in [2.24, 2.45) is 5.73 Å². The average Bonchev–Trinajstić information content (AvgIpc) is 3.10. The standard InChI is InChI=1S/C20H17F3N2O2/c21-20(22,23)27-17-11-7-15(8-12-17)4-3-14-5-9-16(10-6-14)25-13-1-2-18(25)19(24)26/h5-12,18H,1-2,13H2,(H2,24,26)/t18-/m1/s1. The number of ether oxygens (including phenoxy) is 1. The molecule has 7 heteroatoms. The van der Waals surface area contributed by atoms with Gasteiger partial charge in [0.1, 0.15) is 11.8 Å². The minimum Gasteiger partial charge on any atom is -0.406 e. The second kappa shape index (κ2) is 7.62. The highest BCUT2D eigenvalue weighted by atomic mass is 19.4. The van der Waals surface area contributed by atoms with Gasteiger partial charge < -0.3 is 15.4 Å². The number of hydrogen-bond donors (Lipinski definition) is 1. The Kier molecular flexibility index (Phi) is 5.26. The molecule has 2 aromatic carbocycles. The van der Waals surface area contributed by atoms with Gasteiger partial charge in [0.25, 0.3) is 0 Å². The topological polar surface area (TPSA) is 55.6 Å². The number of anilines is 1. The van der Waals surface area contributed by atoms with Crippen molar-refractivity contribution in [2.75, 3.05) is 11.4 Å². The second-order valence-corrected chi connectivity index (χ2v) is 6.12. The lowest BCUT2D eigenvalue weighted by atomic mass is 10.1. The summed E-state index contributed by atoms with van der Waals surface area (Å²) >= 11 is 0. The lowest BCUT2D eigenvalue weighted by Gasteiger charge is -2.24. The van der Waals surface area contributed by atoms with Gasteiger partial charge in [0.05, 0.1) is 0 Å². The molecule has 1 aliphatic rings. The molecule has 0 saturated carbocycles. The fourth-order valence-corrected chi connectivity index (χ4v) is 2.99. The van der Waals surface area contributed by atoms with Crippen LogP contribution in [-0.4, -0.2) is 24.9 Å². The van der Waals surface area contributed by atoms with Crippen molar-refractivity contribution in [3.8, 4) is 17.6 Å². The number of hydrogen-bond acceptors (Lipinski definition) is 3. The van der Waals surface area contributed by atoms with Gasteiger partial charge in [-0.05, 0) is 61.4 Å². The van der Waals surface area contributed by atoms with Crippen molar-refractivity contribution in [3.63, 3.8) is 0 Å². The van der Waals surface area contributed by atoms with Crippen molar-refractivity contribution in [2.45, 2.75) is 25.2 Å². The zero-order valence-corrected chi connectivity index (χ0v) is 14.3. The highest BCUT2D eigenvalue weighted by molar-refractivity contribution is 5.84. The van der Waals surface area contributed by atoms with Crippen LogP contribution in [0.25, 0.3) is 0 Å². The van der Waals surface area contributed by atoms with Crippen molar-refractivity contribution in [1.82, 2.24) is 0 Å². The molecule has 2 N–H and O–H groups in total. The molecule has 0 radical (unpaired) electrons. The molecular formula is C20H17F3N2O2. The molecule has 1 atom stereocenters. The molecule has 1 aliphatic heterocycles. The number of alkyl halides is 3. The van der Waals surface area contributed by atoms with Gasteiger partial charge in [-0.15, -0.1) is 13.2 Å². The third-order valence-corrected chi connectivity index (χ3v) is 4.22. The summed E-state index contributed by atoms with van der Waals surface area (Å²) in [4.78, 5) is 13.5. The predicted octanol–water partition coefficient (Wildman–Crippen LogP) is 3.44. The van der Waals surface area contributed by atoms with Crippen LogP contribution in [0.3, 0.4) is 0 Å². The van der Waals surface area contributed by atoms with Gasteiger partial charge in [-0.25, -0.2) is 0 Å². The number of halogens is 3. The van der Waals surface area contributed by atoms with Crippen LogP contribution in [-0.2, 0) is 4.79 Å².